The van der Waals surface area contributed by atoms with Gasteiger partial charge < -0.3 is 20.3 Å². The molecule has 1 atom stereocenters. The molecule has 1 aromatic carbocycles. The van der Waals surface area contributed by atoms with E-state index >= 15 is 0 Å². The quantitative estimate of drug-likeness (QED) is 0.270. The van der Waals surface area contributed by atoms with E-state index in [1.165, 1.54) is 24.0 Å². The Morgan fingerprint density at radius 3 is 2.65 bits per heavy atom. The zero-order valence-electron chi connectivity index (χ0n) is 18.7. The number of aliphatic imine (C=N–C) groups is 1. The maximum atomic E-state index is 5.85. The molecule has 1 aliphatic heterocycles. The van der Waals surface area contributed by atoms with Crippen LogP contribution in [0, 0.1) is 5.92 Å². The summed E-state index contributed by atoms with van der Waals surface area (Å²) in [4.78, 5) is 11.6. The van der Waals surface area contributed by atoms with E-state index < -0.39 is 0 Å². The van der Waals surface area contributed by atoms with Crippen LogP contribution in [0.2, 0.25) is 0 Å². The lowest BCUT2D eigenvalue weighted by Gasteiger charge is -2.17. The van der Waals surface area contributed by atoms with E-state index in [4.69, 9.17) is 9.73 Å². The Morgan fingerprint density at radius 1 is 1.13 bits per heavy atom. The minimum absolute atomic E-state index is 0. The van der Waals surface area contributed by atoms with Crippen molar-refractivity contribution in [2.45, 2.75) is 39.8 Å². The van der Waals surface area contributed by atoms with Gasteiger partial charge in [-0.1, -0.05) is 37.3 Å². The van der Waals surface area contributed by atoms with E-state index in [2.05, 4.69) is 52.6 Å². The zero-order valence-corrected chi connectivity index (χ0v) is 21.0. The zero-order chi connectivity index (χ0) is 21.0. The Labute approximate surface area is 203 Å². The van der Waals surface area contributed by atoms with Crippen LogP contribution in [0.25, 0.3) is 0 Å². The molecule has 2 heterocycles. The van der Waals surface area contributed by atoms with Gasteiger partial charge in [0.1, 0.15) is 5.82 Å². The number of hydrogen-bond donors (Lipinski definition) is 2. The molecule has 31 heavy (non-hydrogen) atoms. The topological polar surface area (TPSA) is 61.8 Å². The number of pyridine rings is 1. The van der Waals surface area contributed by atoms with Crippen LogP contribution in [0.1, 0.15) is 37.8 Å². The number of ether oxygens (including phenoxy) is 1. The molecule has 1 saturated heterocycles. The van der Waals surface area contributed by atoms with Gasteiger partial charge in [0.15, 0.2) is 5.96 Å². The molecule has 6 nitrogen and oxygen atoms in total. The Bertz CT molecular complexity index is 781. The Balaban J connectivity index is 0.00000341. The van der Waals surface area contributed by atoms with Gasteiger partial charge in [-0.15, -0.1) is 24.0 Å². The largest absolute Gasteiger partial charge is 0.376 e. The van der Waals surface area contributed by atoms with Crippen molar-refractivity contribution in [2.75, 3.05) is 37.7 Å². The average Bonchev–Trinajstić information content (AvgIpc) is 3.32. The molecule has 170 valence electrons. The predicted octanol–water partition coefficient (Wildman–Crippen LogP) is 4.21. The normalized spacial score (nSPS) is 14.8. The Hall–Kier alpha value is -1.87. The number of aromatic nitrogens is 1. The maximum Gasteiger partial charge on any atom is 0.191 e. The molecule has 2 aromatic rings. The van der Waals surface area contributed by atoms with E-state index in [1.54, 1.807) is 0 Å². The molecular formula is C24H36IN5O. The monoisotopic (exact) mass is 537 g/mol. The van der Waals surface area contributed by atoms with E-state index in [9.17, 15) is 0 Å². The van der Waals surface area contributed by atoms with E-state index in [0.29, 0.717) is 25.7 Å². The molecular weight excluding hydrogens is 501 g/mol. The number of nitrogens with zero attached hydrogens (tertiary/aromatic N) is 3. The van der Waals surface area contributed by atoms with Gasteiger partial charge in [-0.05, 0) is 48.9 Å². The predicted molar refractivity (Wildman–Crippen MR) is 139 cm³/mol. The molecule has 3 rings (SSSR count). The molecule has 1 aliphatic rings. The van der Waals surface area contributed by atoms with Crippen molar-refractivity contribution in [3.8, 4) is 0 Å². The second-order valence-electron chi connectivity index (χ2n) is 7.90. The number of rotatable bonds is 10. The fourth-order valence-corrected chi connectivity index (χ4v) is 3.47. The summed E-state index contributed by atoms with van der Waals surface area (Å²) in [6.45, 7) is 10.1. The molecule has 0 aliphatic carbocycles. The highest BCUT2D eigenvalue weighted by Crippen LogP contribution is 2.18. The van der Waals surface area contributed by atoms with Crippen molar-refractivity contribution in [2.24, 2.45) is 10.9 Å². The summed E-state index contributed by atoms with van der Waals surface area (Å²) < 4.78 is 5.85. The SMILES string of the molecule is CCNC(=NCc1ccnc(N2CCCC2)c1)NCC(C)COCc1ccccc1.I. The van der Waals surface area contributed by atoms with Crippen molar-refractivity contribution in [1.29, 1.82) is 0 Å². The first-order valence-electron chi connectivity index (χ1n) is 11.1. The van der Waals surface area contributed by atoms with Crippen LogP contribution >= 0.6 is 24.0 Å². The van der Waals surface area contributed by atoms with Crippen molar-refractivity contribution >= 4 is 35.8 Å². The van der Waals surface area contributed by atoms with Crippen molar-refractivity contribution < 1.29 is 4.74 Å². The number of hydrogen-bond acceptors (Lipinski definition) is 4. The lowest BCUT2D eigenvalue weighted by atomic mass is 10.2. The molecule has 0 bridgehead atoms. The fraction of sp³-hybridized carbons (Fsp3) is 0.500. The molecule has 0 amide bonds. The van der Waals surface area contributed by atoms with Crippen molar-refractivity contribution in [3.63, 3.8) is 0 Å². The summed E-state index contributed by atoms with van der Waals surface area (Å²) in [5.41, 5.74) is 2.39. The third-order valence-electron chi connectivity index (χ3n) is 5.14. The molecule has 7 heteroatoms. The van der Waals surface area contributed by atoms with Crippen LogP contribution in [-0.4, -0.2) is 43.7 Å². The minimum atomic E-state index is 0. The Morgan fingerprint density at radius 2 is 1.90 bits per heavy atom. The lowest BCUT2D eigenvalue weighted by molar-refractivity contribution is 0.0931. The van der Waals surface area contributed by atoms with Gasteiger partial charge in [-0.2, -0.15) is 0 Å². The number of guanidine groups is 1. The van der Waals surface area contributed by atoms with Crippen LogP contribution in [0.4, 0.5) is 5.82 Å². The number of anilines is 1. The molecule has 2 N–H and O–H groups in total. The van der Waals surface area contributed by atoms with Crippen molar-refractivity contribution in [1.82, 2.24) is 15.6 Å². The van der Waals surface area contributed by atoms with E-state index in [0.717, 1.165) is 38.0 Å². The summed E-state index contributed by atoms with van der Waals surface area (Å²) in [6.07, 6.45) is 4.41. The highest BCUT2D eigenvalue weighted by atomic mass is 127. The van der Waals surface area contributed by atoms with Gasteiger partial charge in [0, 0.05) is 32.4 Å². The van der Waals surface area contributed by atoms with Crippen LogP contribution in [0.15, 0.2) is 53.7 Å². The van der Waals surface area contributed by atoms with Crippen LogP contribution < -0.4 is 15.5 Å². The van der Waals surface area contributed by atoms with Crippen LogP contribution in [-0.2, 0) is 17.9 Å². The Kier molecular flexibility index (Phi) is 11.7. The van der Waals surface area contributed by atoms with Gasteiger partial charge in [0.25, 0.3) is 0 Å². The smallest absolute Gasteiger partial charge is 0.191 e. The molecule has 0 radical (unpaired) electrons. The summed E-state index contributed by atoms with van der Waals surface area (Å²) in [5, 5.41) is 6.77. The van der Waals surface area contributed by atoms with Gasteiger partial charge in [-0.3, -0.25) is 0 Å². The first-order valence-corrected chi connectivity index (χ1v) is 11.1. The maximum absolute atomic E-state index is 5.85. The third kappa shape index (κ3) is 9.03. The first-order chi connectivity index (χ1) is 14.7. The first kappa shape index (κ1) is 25.4. The summed E-state index contributed by atoms with van der Waals surface area (Å²) in [6, 6.07) is 14.5. The van der Waals surface area contributed by atoms with Gasteiger partial charge in [-0.25, -0.2) is 9.98 Å². The highest BCUT2D eigenvalue weighted by molar-refractivity contribution is 14.0. The lowest BCUT2D eigenvalue weighted by Crippen LogP contribution is -2.40. The highest BCUT2D eigenvalue weighted by Gasteiger charge is 2.13. The minimum Gasteiger partial charge on any atom is -0.376 e. The average molecular weight is 537 g/mol. The summed E-state index contributed by atoms with van der Waals surface area (Å²) in [7, 11) is 0. The molecule has 0 spiro atoms. The summed E-state index contributed by atoms with van der Waals surface area (Å²) in [5.74, 6) is 2.30. The standard InChI is InChI=1S/C24H35N5O.HI/c1-3-25-24(27-16-20(2)18-30-19-21-9-5-4-6-10-21)28-17-22-11-12-26-23(15-22)29-13-7-8-14-29;/h4-6,9-12,15,20H,3,7-8,13-14,16-19H2,1-2H3,(H2,25,27,28);1H. The second-order valence-corrected chi connectivity index (χ2v) is 7.90. The molecule has 1 fully saturated rings. The second kappa shape index (κ2) is 14.2. The fourth-order valence-electron chi connectivity index (χ4n) is 3.47. The summed E-state index contributed by atoms with van der Waals surface area (Å²) >= 11 is 0. The number of benzene rings is 1. The van der Waals surface area contributed by atoms with Crippen molar-refractivity contribution in [3.05, 3.63) is 59.8 Å². The van der Waals surface area contributed by atoms with Gasteiger partial charge in [0.05, 0.1) is 19.8 Å². The van der Waals surface area contributed by atoms with Crippen LogP contribution in [0.3, 0.4) is 0 Å². The van der Waals surface area contributed by atoms with Gasteiger partial charge in [0.2, 0.25) is 0 Å². The number of nitrogens with one attached hydrogen (secondary N) is 2. The number of halogens is 1. The molecule has 1 aromatic heterocycles. The molecule has 0 saturated carbocycles. The molecule has 1 unspecified atom stereocenters. The van der Waals surface area contributed by atoms with Gasteiger partial charge >= 0.3 is 0 Å². The van der Waals surface area contributed by atoms with Crippen LogP contribution in [0.5, 0.6) is 0 Å². The van der Waals surface area contributed by atoms with E-state index in [-0.39, 0.29) is 24.0 Å². The third-order valence-corrected chi connectivity index (χ3v) is 5.14. The van der Waals surface area contributed by atoms with E-state index in [1.807, 2.05) is 30.5 Å².